The van der Waals surface area contributed by atoms with Gasteiger partial charge in [0, 0.05) is 18.8 Å². The maximum absolute atomic E-state index is 11.3. The Kier molecular flexibility index (Phi) is 5.43. The molecular weight excluding hydrogens is 274 g/mol. The Labute approximate surface area is 121 Å². The van der Waals surface area contributed by atoms with E-state index in [1.807, 2.05) is 0 Å². The van der Waals surface area contributed by atoms with Crippen molar-refractivity contribution >= 4 is 9.84 Å². The van der Waals surface area contributed by atoms with Crippen molar-refractivity contribution in [1.29, 1.82) is 0 Å². The van der Waals surface area contributed by atoms with Crippen LogP contribution in [0.3, 0.4) is 0 Å². The van der Waals surface area contributed by atoms with Crippen LogP contribution in [-0.4, -0.2) is 33.9 Å². The van der Waals surface area contributed by atoms with E-state index in [-0.39, 0.29) is 0 Å². The number of nitrogens with one attached hydrogen (secondary N) is 1. The van der Waals surface area contributed by atoms with E-state index < -0.39 is 9.84 Å². The Hall–Kier alpha value is -1.07. The average Bonchev–Trinajstić information content (AvgIpc) is 2.44. The molecule has 0 saturated heterocycles. The second-order valence-corrected chi connectivity index (χ2v) is 7.40. The monoisotopic (exact) mass is 297 g/mol. The number of sulfone groups is 1. The molecule has 0 radical (unpaired) electrons. The van der Waals surface area contributed by atoms with Crippen molar-refractivity contribution in [3.63, 3.8) is 0 Å². The highest BCUT2D eigenvalue weighted by Crippen LogP contribution is 2.17. The third kappa shape index (κ3) is 4.80. The van der Waals surface area contributed by atoms with Gasteiger partial charge < -0.3 is 10.1 Å². The Balaban J connectivity index is 1.71. The summed E-state index contributed by atoms with van der Waals surface area (Å²) >= 11 is 0. The maximum atomic E-state index is 11.3. The van der Waals surface area contributed by atoms with Gasteiger partial charge in [0.2, 0.25) is 0 Å². The van der Waals surface area contributed by atoms with Gasteiger partial charge in [-0.15, -0.1) is 0 Å². The molecule has 20 heavy (non-hydrogen) atoms. The topological polar surface area (TPSA) is 55.4 Å². The molecule has 1 saturated carbocycles. The fraction of sp³-hybridized carbons (Fsp3) is 0.600. The lowest BCUT2D eigenvalue weighted by Crippen LogP contribution is -2.34. The summed E-state index contributed by atoms with van der Waals surface area (Å²) in [7, 11) is -3.13. The molecule has 0 atom stereocenters. The Bertz CT molecular complexity index is 504. The molecule has 0 spiro atoms. The Morgan fingerprint density at radius 1 is 1.15 bits per heavy atom. The van der Waals surface area contributed by atoms with E-state index in [0.717, 1.165) is 6.54 Å². The minimum atomic E-state index is -3.13. The molecule has 2 rings (SSSR count). The summed E-state index contributed by atoms with van der Waals surface area (Å²) in [5.41, 5.74) is 0. The molecule has 0 aliphatic heterocycles. The van der Waals surface area contributed by atoms with E-state index in [2.05, 4.69) is 5.32 Å². The molecule has 0 heterocycles. The SMILES string of the molecule is CS(=O)(=O)c1ccc(OCCNC2CCCCC2)cc1. The fourth-order valence-electron chi connectivity index (χ4n) is 2.52. The number of hydrogen-bond acceptors (Lipinski definition) is 4. The molecule has 1 aliphatic rings. The van der Waals surface area contributed by atoms with Gasteiger partial charge in [-0.2, -0.15) is 0 Å². The van der Waals surface area contributed by atoms with Gasteiger partial charge in [-0.25, -0.2) is 8.42 Å². The quantitative estimate of drug-likeness (QED) is 0.819. The largest absolute Gasteiger partial charge is 0.492 e. The van der Waals surface area contributed by atoms with Crippen molar-refractivity contribution < 1.29 is 13.2 Å². The number of hydrogen-bond donors (Lipinski definition) is 1. The van der Waals surface area contributed by atoms with Crippen LogP contribution in [0.25, 0.3) is 0 Å². The lowest BCUT2D eigenvalue weighted by Gasteiger charge is -2.22. The van der Waals surface area contributed by atoms with E-state index in [1.54, 1.807) is 24.3 Å². The van der Waals surface area contributed by atoms with Gasteiger partial charge in [-0.1, -0.05) is 19.3 Å². The van der Waals surface area contributed by atoms with Crippen LogP contribution in [-0.2, 0) is 9.84 Å². The zero-order valence-corrected chi connectivity index (χ0v) is 12.8. The summed E-state index contributed by atoms with van der Waals surface area (Å²) in [6, 6.07) is 7.21. The summed E-state index contributed by atoms with van der Waals surface area (Å²) in [6.45, 7) is 1.44. The predicted molar refractivity (Wildman–Crippen MR) is 79.9 cm³/mol. The lowest BCUT2D eigenvalue weighted by molar-refractivity contribution is 0.289. The van der Waals surface area contributed by atoms with Crippen molar-refractivity contribution in [2.75, 3.05) is 19.4 Å². The second kappa shape index (κ2) is 7.09. The molecule has 5 heteroatoms. The van der Waals surface area contributed by atoms with Gasteiger partial charge in [-0.3, -0.25) is 0 Å². The first-order valence-corrected chi connectivity index (χ1v) is 9.11. The van der Waals surface area contributed by atoms with E-state index in [9.17, 15) is 8.42 Å². The standard InChI is InChI=1S/C15H23NO3S/c1-20(17,18)15-9-7-14(8-10-15)19-12-11-16-13-5-3-2-4-6-13/h7-10,13,16H,2-6,11-12H2,1H3. The first kappa shape index (κ1) is 15.3. The molecule has 4 nitrogen and oxygen atoms in total. The summed E-state index contributed by atoms with van der Waals surface area (Å²) in [4.78, 5) is 0.324. The molecule has 1 aliphatic carbocycles. The van der Waals surface area contributed by atoms with Crippen LogP contribution >= 0.6 is 0 Å². The number of rotatable bonds is 6. The minimum Gasteiger partial charge on any atom is -0.492 e. The normalized spacial score (nSPS) is 17.1. The second-order valence-electron chi connectivity index (χ2n) is 5.38. The van der Waals surface area contributed by atoms with E-state index >= 15 is 0 Å². The fourth-order valence-corrected chi connectivity index (χ4v) is 3.15. The van der Waals surface area contributed by atoms with Gasteiger partial charge in [0.15, 0.2) is 9.84 Å². The van der Waals surface area contributed by atoms with Crippen LogP contribution in [0.4, 0.5) is 0 Å². The first-order valence-electron chi connectivity index (χ1n) is 7.22. The molecule has 0 bridgehead atoms. The van der Waals surface area contributed by atoms with Gasteiger partial charge >= 0.3 is 0 Å². The van der Waals surface area contributed by atoms with Crippen molar-refractivity contribution in [3.8, 4) is 5.75 Å². The van der Waals surface area contributed by atoms with Crippen molar-refractivity contribution in [1.82, 2.24) is 5.32 Å². The van der Waals surface area contributed by atoms with E-state index in [4.69, 9.17) is 4.74 Å². The zero-order chi connectivity index (χ0) is 14.4. The summed E-state index contributed by atoms with van der Waals surface area (Å²) in [5, 5.41) is 3.51. The number of benzene rings is 1. The van der Waals surface area contributed by atoms with Crippen LogP contribution in [0.2, 0.25) is 0 Å². The summed E-state index contributed by atoms with van der Waals surface area (Å²) in [6.07, 6.45) is 7.75. The highest BCUT2D eigenvalue weighted by molar-refractivity contribution is 7.90. The average molecular weight is 297 g/mol. The molecule has 1 N–H and O–H groups in total. The van der Waals surface area contributed by atoms with Crippen LogP contribution in [0.1, 0.15) is 32.1 Å². The van der Waals surface area contributed by atoms with Crippen LogP contribution in [0.5, 0.6) is 5.75 Å². The minimum absolute atomic E-state index is 0.324. The van der Waals surface area contributed by atoms with Crippen LogP contribution < -0.4 is 10.1 Å². The predicted octanol–water partition coefficient (Wildman–Crippen LogP) is 2.39. The smallest absolute Gasteiger partial charge is 0.175 e. The lowest BCUT2D eigenvalue weighted by atomic mass is 9.96. The zero-order valence-electron chi connectivity index (χ0n) is 12.0. The van der Waals surface area contributed by atoms with Crippen molar-refractivity contribution in [2.45, 2.75) is 43.0 Å². The molecule has 1 fully saturated rings. The van der Waals surface area contributed by atoms with E-state index in [0.29, 0.717) is 23.3 Å². The molecule has 0 aromatic heterocycles. The molecule has 112 valence electrons. The van der Waals surface area contributed by atoms with Gasteiger partial charge in [0.25, 0.3) is 0 Å². The van der Waals surface area contributed by atoms with Gasteiger partial charge in [0.05, 0.1) is 4.90 Å². The highest BCUT2D eigenvalue weighted by atomic mass is 32.2. The summed E-state index contributed by atoms with van der Waals surface area (Å²) < 4.78 is 28.3. The molecule has 1 aromatic carbocycles. The summed E-state index contributed by atoms with van der Waals surface area (Å²) in [5.74, 6) is 0.711. The van der Waals surface area contributed by atoms with Gasteiger partial charge in [0.1, 0.15) is 12.4 Å². The van der Waals surface area contributed by atoms with Crippen molar-refractivity contribution in [3.05, 3.63) is 24.3 Å². The molecular formula is C15H23NO3S. The van der Waals surface area contributed by atoms with Crippen LogP contribution in [0, 0.1) is 0 Å². The molecule has 1 aromatic rings. The third-order valence-corrected chi connectivity index (χ3v) is 4.79. The van der Waals surface area contributed by atoms with Gasteiger partial charge in [-0.05, 0) is 37.1 Å². The third-order valence-electron chi connectivity index (χ3n) is 3.66. The number of ether oxygens (including phenoxy) is 1. The molecule has 0 amide bonds. The van der Waals surface area contributed by atoms with E-state index in [1.165, 1.54) is 38.4 Å². The highest BCUT2D eigenvalue weighted by Gasteiger charge is 2.12. The Morgan fingerprint density at radius 2 is 1.80 bits per heavy atom. The maximum Gasteiger partial charge on any atom is 0.175 e. The van der Waals surface area contributed by atoms with Crippen LogP contribution in [0.15, 0.2) is 29.2 Å². The Morgan fingerprint density at radius 3 is 2.40 bits per heavy atom. The van der Waals surface area contributed by atoms with Crippen molar-refractivity contribution in [2.24, 2.45) is 0 Å². The first-order chi connectivity index (χ1) is 9.55. The molecule has 0 unspecified atom stereocenters.